The predicted octanol–water partition coefficient (Wildman–Crippen LogP) is 2.08. The standard InChI is InChI=1S/C13H16N4S/c1-8-16-7-11(18-8)13(17-14)10-5-4-9-3-2-6-15-12(9)10/h2-3,6-7,10,13,17H,4-5,14H2,1H3. The predicted molar refractivity (Wildman–Crippen MR) is 72.2 cm³/mol. The molecule has 3 rings (SSSR count). The smallest absolute Gasteiger partial charge is 0.0897 e. The Morgan fingerprint density at radius 3 is 3.11 bits per heavy atom. The minimum absolute atomic E-state index is 0.118. The minimum atomic E-state index is 0.118. The molecule has 0 bridgehead atoms. The van der Waals surface area contributed by atoms with Crippen molar-refractivity contribution in [2.75, 3.05) is 0 Å². The minimum Gasteiger partial charge on any atom is -0.271 e. The van der Waals surface area contributed by atoms with Crippen LogP contribution in [0.25, 0.3) is 0 Å². The van der Waals surface area contributed by atoms with Crippen molar-refractivity contribution in [3.63, 3.8) is 0 Å². The van der Waals surface area contributed by atoms with Gasteiger partial charge in [-0.05, 0) is 31.4 Å². The molecule has 94 valence electrons. The summed E-state index contributed by atoms with van der Waals surface area (Å²) in [5.41, 5.74) is 5.48. The molecular formula is C13H16N4S. The second-order valence-electron chi connectivity index (χ2n) is 4.62. The van der Waals surface area contributed by atoms with Crippen LogP contribution in [0.1, 0.15) is 39.5 Å². The van der Waals surface area contributed by atoms with Gasteiger partial charge in [0.15, 0.2) is 0 Å². The summed E-state index contributed by atoms with van der Waals surface area (Å²) >= 11 is 1.70. The molecule has 0 fully saturated rings. The lowest BCUT2D eigenvalue weighted by atomic mass is 9.96. The van der Waals surface area contributed by atoms with Gasteiger partial charge in [-0.2, -0.15) is 0 Å². The number of hydrogen-bond donors (Lipinski definition) is 2. The quantitative estimate of drug-likeness (QED) is 0.655. The van der Waals surface area contributed by atoms with Crippen LogP contribution >= 0.6 is 11.3 Å². The number of aromatic nitrogens is 2. The zero-order valence-corrected chi connectivity index (χ0v) is 11.1. The molecule has 0 saturated heterocycles. The third kappa shape index (κ3) is 1.94. The molecule has 2 aromatic heterocycles. The van der Waals surface area contributed by atoms with Crippen LogP contribution in [0.4, 0.5) is 0 Å². The molecule has 0 aliphatic heterocycles. The molecule has 4 nitrogen and oxygen atoms in total. The Kier molecular flexibility index (Phi) is 3.11. The lowest BCUT2D eigenvalue weighted by molar-refractivity contribution is 0.452. The third-order valence-corrected chi connectivity index (χ3v) is 4.53. The van der Waals surface area contributed by atoms with E-state index in [1.807, 2.05) is 25.4 Å². The Balaban J connectivity index is 1.95. The van der Waals surface area contributed by atoms with E-state index >= 15 is 0 Å². The van der Waals surface area contributed by atoms with E-state index < -0.39 is 0 Å². The van der Waals surface area contributed by atoms with Crippen LogP contribution in [0, 0.1) is 6.92 Å². The van der Waals surface area contributed by atoms with Crippen molar-refractivity contribution in [2.24, 2.45) is 5.84 Å². The number of aryl methyl sites for hydroxylation is 2. The zero-order chi connectivity index (χ0) is 12.5. The van der Waals surface area contributed by atoms with E-state index in [4.69, 9.17) is 5.84 Å². The summed E-state index contributed by atoms with van der Waals surface area (Å²) in [4.78, 5) is 10.0. The summed E-state index contributed by atoms with van der Waals surface area (Å²) in [6.07, 6.45) is 5.97. The average molecular weight is 260 g/mol. The zero-order valence-electron chi connectivity index (χ0n) is 10.3. The SMILES string of the molecule is Cc1ncc(C(NN)C2CCc3cccnc32)s1. The van der Waals surface area contributed by atoms with Gasteiger partial charge in [0.05, 0.1) is 11.0 Å². The van der Waals surface area contributed by atoms with Crippen molar-refractivity contribution >= 4 is 11.3 Å². The van der Waals surface area contributed by atoms with Gasteiger partial charge < -0.3 is 0 Å². The van der Waals surface area contributed by atoms with Crippen LogP contribution in [0.3, 0.4) is 0 Å². The van der Waals surface area contributed by atoms with E-state index in [0.29, 0.717) is 5.92 Å². The number of thiazole rings is 1. The highest BCUT2D eigenvalue weighted by Crippen LogP contribution is 2.41. The number of nitrogens with two attached hydrogens (primary N) is 1. The molecule has 2 atom stereocenters. The van der Waals surface area contributed by atoms with Crippen LogP contribution < -0.4 is 11.3 Å². The highest BCUT2D eigenvalue weighted by Gasteiger charge is 2.32. The Hall–Kier alpha value is -1.30. The van der Waals surface area contributed by atoms with E-state index in [2.05, 4.69) is 21.5 Å². The summed E-state index contributed by atoms with van der Waals surface area (Å²) in [7, 11) is 0. The van der Waals surface area contributed by atoms with E-state index in [0.717, 1.165) is 17.8 Å². The average Bonchev–Trinajstić information content (AvgIpc) is 2.98. The summed E-state index contributed by atoms with van der Waals surface area (Å²) in [6.45, 7) is 2.02. The topological polar surface area (TPSA) is 63.8 Å². The van der Waals surface area contributed by atoms with Gasteiger partial charge in [-0.3, -0.25) is 16.3 Å². The number of nitrogens with zero attached hydrogens (tertiary/aromatic N) is 2. The van der Waals surface area contributed by atoms with Crippen LogP contribution in [0.5, 0.6) is 0 Å². The first kappa shape index (κ1) is 11.8. The maximum atomic E-state index is 5.75. The largest absolute Gasteiger partial charge is 0.271 e. The molecule has 1 aliphatic carbocycles. The molecule has 1 aliphatic rings. The Labute approximate surface area is 110 Å². The molecular weight excluding hydrogens is 244 g/mol. The van der Waals surface area contributed by atoms with Gasteiger partial charge in [-0.1, -0.05) is 6.07 Å². The highest BCUT2D eigenvalue weighted by molar-refractivity contribution is 7.11. The lowest BCUT2D eigenvalue weighted by Gasteiger charge is -2.21. The van der Waals surface area contributed by atoms with Crippen LogP contribution in [0.2, 0.25) is 0 Å². The molecule has 5 heteroatoms. The number of fused-ring (bicyclic) bond motifs is 1. The molecule has 0 aromatic carbocycles. The lowest BCUT2D eigenvalue weighted by Crippen LogP contribution is -2.31. The van der Waals surface area contributed by atoms with E-state index in [1.54, 1.807) is 11.3 Å². The Bertz CT molecular complexity index is 551. The molecule has 3 N–H and O–H groups in total. The highest BCUT2D eigenvalue weighted by atomic mass is 32.1. The van der Waals surface area contributed by atoms with Crippen LogP contribution in [-0.4, -0.2) is 9.97 Å². The maximum absolute atomic E-state index is 5.75. The first-order valence-electron chi connectivity index (χ1n) is 6.12. The number of hydrogen-bond acceptors (Lipinski definition) is 5. The molecule has 18 heavy (non-hydrogen) atoms. The molecule has 2 aromatic rings. The van der Waals surface area contributed by atoms with Crippen molar-refractivity contribution in [2.45, 2.75) is 31.7 Å². The number of pyridine rings is 1. The normalized spacial score (nSPS) is 19.8. The number of rotatable bonds is 3. The first-order valence-corrected chi connectivity index (χ1v) is 6.93. The third-order valence-electron chi connectivity index (χ3n) is 3.53. The van der Waals surface area contributed by atoms with Crippen LogP contribution in [-0.2, 0) is 6.42 Å². The van der Waals surface area contributed by atoms with Gasteiger partial charge in [0.25, 0.3) is 0 Å². The molecule has 2 heterocycles. The van der Waals surface area contributed by atoms with E-state index in [9.17, 15) is 0 Å². The van der Waals surface area contributed by atoms with E-state index in [1.165, 1.54) is 16.1 Å². The van der Waals surface area contributed by atoms with Crippen molar-refractivity contribution in [3.8, 4) is 0 Å². The Morgan fingerprint density at radius 2 is 2.39 bits per heavy atom. The van der Waals surface area contributed by atoms with Gasteiger partial charge >= 0.3 is 0 Å². The summed E-state index contributed by atoms with van der Waals surface area (Å²) < 4.78 is 0. The number of hydrazine groups is 1. The van der Waals surface area contributed by atoms with Crippen molar-refractivity contribution in [1.29, 1.82) is 0 Å². The maximum Gasteiger partial charge on any atom is 0.0897 e. The summed E-state index contributed by atoms with van der Waals surface area (Å²) in [6, 6.07) is 4.28. The molecule has 0 radical (unpaired) electrons. The molecule has 2 unspecified atom stereocenters. The Morgan fingerprint density at radius 1 is 1.50 bits per heavy atom. The summed E-state index contributed by atoms with van der Waals surface area (Å²) in [5.74, 6) is 6.10. The van der Waals surface area contributed by atoms with Crippen molar-refractivity contribution < 1.29 is 0 Å². The first-order chi connectivity index (χ1) is 8.79. The van der Waals surface area contributed by atoms with Gasteiger partial charge in [0, 0.05) is 28.9 Å². The van der Waals surface area contributed by atoms with Crippen LogP contribution in [0.15, 0.2) is 24.5 Å². The second kappa shape index (κ2) is 4.76. The molecule has 0 spiro atoms. The van der Waals surface area contributed by atoms with E-state index in [-0.39, 0.29) is 6.04 Å². The molecule has 0 amide bonds. The van der Waals surface area contributed by atoms with Gasteiger partial charge in [-0.25, -0.2) is 4.98 Å². The van der Waals surface area contributed by atoms with Gasteiger partial charge in [0.2, 0.25) is 0 Å². The fourth-order valence-electron chi connectivity index (χ4n) is 2.69. The van der Waals surface area contributed by atoms with Gasteiger partial charge in [0.1, 0.15) is 0 Å². The van der Waals surface area contributed by atoms with Crippen molar-refractivity contribution in [1.82, 2.24) is 15.4 Å². The number of nitrogens with one attached hydrogen (secondary N) is 1. The molecule has 0 saturated carbocycles. The summed E-state index contributed by atoms with van der Waals surface area (Å²) in [5, 5.41) is 1.07. The van der Waals surface area contributed by atoms with Crippen molar-refractivity contribution in [3.05, 3.63) is 45.7 Å². The monoisotopic (exact) mass is 260 g/mol. The fraction of sp³-hybridized carbons (Fsp3) is 0.385. The fourth-order valence-corrected chi connectivity index (χ4v) is 3.60. The van der Waals surface area contributed by atoms with Gasteiger partial charge in [-0.15, -0.1) is 11.3 Å². The second-order valence-corrected chi connectivity index (χ2v) is 5.89.